The number of para-hydroxylation sites is 1. The molecule has 8 heteroatoms. The number of aryl methyl sites for hydroxylation is 1. The lowest BCUT2D eigenvalue weighted by atomic mass is 10.2. The number of ether oxygens (including phenoxy) is 1. The summed E-state index contributed by atoms with van der Waals surface area (Å²) in [6.45, 7) is -1.02. The Morgan fingerprint density at radius 1 is 1.15 bits per heavy atom. The zero-order valence-corrected chi connectivity index (χ0v) is 14.6. The van der Waals surface area contributed by atoms with E-state index in [1.807, 2.05) is 0 Å². The number of alkyl halides is 2. The maximum Gasteiger partial charge on any atom is 0.387 e. The van der Waals surface area contributed by atoms with Gasteiger partial charge in [0.2, 0.25) is 0 Å². The van der Waals surface area contributed by atoms with Gasteiger partial charge >= 0.3 is 6.61 Å². The number of hydrogen-bond donors (Lipinski definition) is 1. The van der Waals surface area contributed by atoms with Gasteiger partial charge in [0.25, 0.3) is 5.91 Å². The van der Waals surface area contributed by atoms with Gasteiger partial charge in [0.1, 0.15) is 11.6 Å². The average molecular weight is 367 g/mol. The topological polar surface area (TPSA) is 67.9 Å². The Kier molecular flexibility index (Phi) is 8.14. The Labute approximate surface area is 149 Å². The molecule has 5 nitrogen and oxygen atoms in total. The van der Waals surface area contributed by atoms with Crippen molar-refractivity contribution in [1.82, 2.24) is 4.90 Å². The Hall–Kier alpha value is -3.03. The second-order valence-corrected chi connectivity index (χ2v) is 5.10. The molecule has 0 aromatic heterocycles. The molecule has 0 bridgehead atoms. The molecule has 0 unspecified atom stereocenters. The first-order valence-corrected chi connectivity index (χ1v) is 7.52. The summed E-state index contributed by atoms with van der Waals surface area (Å²) in [5.74, 6) is -0.351. The number of nitrogens with zero attached hydrogens (tertiary/aromatic N) is 2. The molecule has 0 spiro atoms. The van der Waals surface area contributed by atoms with Crippen LogP contribution in [0.2, 0.25) is 0 Å². The number of nitrogens with two attached hydrogens (primary N) is 1. The van der Waals surface area contributed by atoms with E-state index in [1.165, 1.54) is 49.3 Å². The maximum absolute atomic E-state index is 12.6. The smallest absolute Gasteiger partial charge is 0.387 e. The van der Waals surface area contributed by atoms with Crippen LogP contribution in [0.25, 0.3) is 0 Å². The fourth-order valence-electron chi connectivity index (χ4n) is 1.82. The van der Waals surface area contributed by atoms with Gasteiger partial charge in [-0.25, -0.2) is 4.39 Å². The summed E-state index contributed by atoms with van der Waals surface area (Å²) in [7, 11) is 3.00. The van der Waals surface area contributed by atoms with Crippen molar-refractivity contribution in [2.75, 3.05) is 14.1 Å². The Morgan fingerprint density at radius 2 is 1.73 bits per heavy atom. The monoisotopic (exact) mass is 367 g/mol. The van der Waals surface area contributed by atoms with Crippen LogP contribution in [0.1, 0.15) is 15.9 Å². The van der Waals surface area contributed by atoms with E-state index in [1.54, 1.807) is 25.1 Å². The number of guanidine groups is 1. The van der Waals surface area contributed by atoms with Crippen LogP contribution in [0, 0.1) is 12.7 Å². The molecule has 2 aromatic carbocycles. The normalized spacial score (nSPS) is 10.8. The molecule has 0 aliphatic rings. The molecule has 0 radical (unpaired) electrons. The number of amides is 1. The van der Waals surface area contributed by atoms with Crippen LogP contribution in [0.3, 0.4) is 0 Å². The standard InChI is InChI=1S/C10H12FN3O.C8H8F2O/c1-13-10(12)14(2)9(15)7-3-5-8(11)6-4-7;1-6-4-2-3-5-7(6)11-8(9)10/h3-6H,1-2H3,(H2,12,13);2-5,8H,1H3. The Bertz CT molecular complexity index is 750. The summed E-state index contributed by atoms with van der Waals surface area (Å²) in [4.78, 5) is 16.6. The molecule has 2 rings (SSSR count). The highest BCUT2D eigenvalue weighted by Gasteiger charge is 2.13. The van der Waals surface area contributed by atoms with Gasteiger partial charge in [0, 0.05) is 19.7 Å². The van der Waals surface area contributed by atoms with Gasteiger partial charge < -0.3 is 10.5 Å². The minimum absolute atomic E-state index is 0.115. The minimum Gasteiger partial charge on any atom is -0.435 e. The van der Waals surface area contributed by atoms with Gasteiger partial charge in [0.05, 0.1) is 0 Å². The molecule has 2 aromatic rings. The Balaban J connectivity index is 0.000000273. The van der Waals surface area contributed by atoms with Crippen LogP contribution in [-0.2, 0) is 0 Å². The van der Waals surface area contributed by atoms with Crippen LogP contribution in [0.4, 0.5) is 13.2 Å². The zero-order chi connectivity index (χ0) is 19.7. The second-order valence-electron chi connectivity index (χ2n) is 5.10. The van der Waals surface area contributed by atoms with Gasteiger partial charge in [-0.2, -0.15) is 8.78 Å². The molecule has 0 saturated carbocycles. The highest BCUT2D eigenvalue weighted by atomic mass is 19.3. The van der Waals surface area contributed by atoms with Crippen molar-refractivity contribution in [2.45, 2.75) is 13.5 Å². The molecule has 140 valence electrons. The van der Waals surface area contributed by atoms with Gasteiger partial charge in [-0.15, -0.1) is 0 Å². The summed E-state index contributed by atoms with van der Waals surface area (Å²) in [6, 6.07) is 11.9. The number of hydrogen-bond acceptors (Lipinski definition) is 3. The number of halogens is 3. The van der Waals surface area contributed by atoms with Crippen molar-refractivity contribution in [3.05, 3.63) is 65.5 Å². The zero-order valence-electron chi connectivity index (χ0n) is 14.6. The number of benzene rings is 2. The molecule has 26 heavy (non-hydrogen) atoms. The van der Waals surface area contributed by atoms with Gasteiger partial charge in [-0.05, 0) is 42.8 Å². The van der Waals surface area contributed by atoms with Crippen molar-refractivity contribution in [1.29, 1.82) is 0 Å². The number of carbonyl (C=O) groups is 1. The van der Waals surface area contributed by atoms with E-state index in [-0.39, 0.29) is 23.4 Å². The number of carbonyl (C=O) groups excluding carboxylic acids is 1. The molecule has 0 aliphatic carbocycles. The summed E-state index contributed by atoms with van der Waals surface area (Å²) >= 11 is 0. The molecule has 0 fully saturated rings. The molecule has 2 N–H and O–H groups in total. The maximum atomic E-state index is 12.6. The number of aliphatic imine (C=N–C) groups is 1. The number of rotatable bonds is 3. The van der Waals surface area contributed by atoms with E-state index in [0.717, 1.165) is 0 Å². The first kappa shape index (κ1) is 21.0. The van der Waals surface area contributed by atoms with Crippen molar-refractivity contribution in [3.8, 4) is 5.75 Å². The first-order chi connectivity index (χ1) is 12.3. The van der Waals surface area contributed by atoms with Crippen molar-refractivity contribution in [2.24, 2.45) is 10.7 Å². The van der Waals surface area contributed by atoms with E-state index in [0.29, 0.717) is 11.1 Å². The highest BCUT2D eigenvalue weighted by molar-refractivity contribution is 6.04. The SMILES string of the molecule is CN=C(N)N(C)C(=O)c1ccc(F)cc1.Cc1ccccc1OC(F)F. The van der Waals surface area contributed by atoms with E-state index in [4.69, 9.17) is 5.73 Å². The molecular formula is C18H20F3N3O2. The van der Waals surface area contributed by atoms with Gasteiger partial charge in [-0.1, -0.05) is 18.2 Å². The van der Waals surface area contributed by atoms with Crippen LogP contribution < -0.4 is 10.5 Å². The van der Waals surface area contributed by atoms with Crippen LogP contribution >= 0.6 is 0 Å². The van der Waals surface area contributed by atoms with Crippen LogP contribution in [-0.4, -0.2) is 37.5 Å². The molecule has 0 atom stereocenters. The fourth-order valence-corrected chi connectivity index (χ4v) is 1.82. The van der Waals surface area contributed by atoms with E-state index in [2.05, 4.69) is 9.73 Å². The molecule has 1 amide bonds. The molecule has 0 heterocycles. The first-order valence-electron chi connectivity index (χ1n) is 7.52. The van der Waals surface area contributed by atoms with Gasteiger partial charge in [0.15, 0.2) is 5.96 Å². The lowest BCUT2D eigenvalue weighted by Gasteiger charge is -2.15. The molecule has 0 saturated heterocycles. The third-order valence-corrected chi connectivity index (χ3v) is 3.28. The summed E-state index contributed by atoms with van der Waals surface area (Å²) in [5.41, 5.74) is 6.55. The molecular weight excluding hydrogens is 347 g/mol. The van der Waals surface area contributed by atoms with Crippen molar-refractivity contribution >= 4 is 11.9 Å². The average Bonchev–Trinajstić information content (AvgIpc) is 2.62. The van der Waals surface area contributed by atoms with E-state index in [9.17, 15) is 18.0 Å². The highest BCUT2D eigenvalue weighted by Crippen LogP contribution is 2.18. The lowest BCUT2D eigenvalue weighted by Crippen LogP contribution is -2.38. The van der Waals surface area contributed by atoms with E-state index >= 15 is 0 Å². The largest absolute Gasteiger partial charge is 0.435 e. The van der Waals surface area contributed by atoms with Crippen LogP contribution in [0.15, 0.2) is 53.5 Å². The van der Waals surface area contributed by atoms with Crippen molar-refractivity contribution < 1.29 is 22.7 Å². The second kappa shape index (κ2) is 10.1. The third kappa shape index (κ3) is 6.46. The summed E-state index contributed by atoms with van der Waals surface area (Å²) in [6.07, 6.45) is 0. The summed E-state index contributed by atoms with van der Waals surface area (Å²) in [5, 5.41) is 0. The molecule has 0 aliphatic heterocycles. The van der Waals surface area contributed by atoms with Gasteiger partial charge in [-0.3, -0.25) is 14.7 Å². The lowest BCUT2D eigenvalue weighted by molar-refractivity contribution is -0.0502. The third-order valence-electron chi connectivity index (χ3n) is 3.28. The predicted molar refractivity (Wildman–Crippen MR) is 93.9 cm³/mol. The quantitative estimate of drug-likeness (QED) is 0.667. The summed E-state index contributed by atoms with van der Waals surface area (Å²) < 4.78 is 40.2. The minimum atomic E-state index is -2.74. The van der Waals surface area contributed by atoms with Crippen molar-refractivity contribution in [3.63, 3.8) is 0 Å². The Morgan fingerprint density at radius 3 is 2.23 bits per heavy atom. The van der Waals surface area contributed by atoms with E-state index < -0.39 is 6.61 Å². The predicted octanol–water partition coefficient (Wildman–Crippen LogP) is 3.44. The fraction of sp³-hybridized carbons (Fsp3) is 0.222. The van der Waals surface area contributed by atoms with Crippen LogP contribution in [0.5, 0.6) is 5.75 Å².